The number of Topliss-reactive ketones (excluding diaryl/α,β-unsaturated/α-hetero) is 1. The highest BCUT2D eigenvalue weighted by Gasteiger charge is 2.24. The predicted molar refractivity (Wildman–Crippen MR) is 124 cm³/mol. The Morgan fingerprint density at radius 3 is 2.42 bits per heavy atom. The lowest BCUT2D eigenvalue weighted by molar-refractivity contribution is -0.115. The first-order valence-electron chi connectivity index (χ1n) is 10.4. The molecular weight excluding hydrogens is 386 g/mol. The maximum atomic E-state index is 13.5. The zero-order valence-electron chi connectivity index (χ0n) is 17.4. The highest BCUT2D eigenvalue weighted by atomic mass is 16.2. The van der Waals surface area contributed by atoms with E-state index in [9.17, 15) is 9.59 Å². The van der Waals surface area contributed by atoms with Gasteiger partial charge in [-0.2, -0.15) is 0 Å². The fourth-order valence-corrected chi connectivity index (χ4v) is 3.78. The van der Waals surface area contributed by atoms with Crippen molar-refractivity contribution in [3.63, 3.8) is 0 Å². The van der Waals surface area contributed by atoms with Crippen LogP contribution in [0.15, 0.2) is 85.1 Å². The van der Waals surface area contributed by atoms with Crippen LogP contribution < -0.4 is 10.6 Å². The number of ketones is 1. The molecule has 1 heterocycles. The molecule has 0 aliphatic heterocycles. The van der Waals surface area contributed by atoms with E-state index < -0.39 is 6.04 Å². The third-order valence-corrected chi connectivity index (χ3v) is 5.39. The van der Waals surface area contributed by atoms with Gasteiger partial charge in [0.2, 0.25) is 5.91 Å². The Hall–Kier alpha value is -3.70. The van der Waals surface area contributed by atoms with Crippen LogP contribution in [0.25, 0.3) is 10.9 Å². The molecule has 0 radical (unpaired) electrons. The molecule has 4 aromatic rings. The third-order valence-electron chi connectivity index (χ3n) is 5.39. The lowest BCUT2D eigenvalue weighted by Crippen LogP contribution is -2.35. The summed E-state index contributed by atoms with van der Waals surface area (Å²) in [6.45, 7) is 2.07. The lowest BCUT2D eigenvalue weighted by atomic mass is 9.97. The second-order valence-electron chi connectivity index (χ2n) is 7.40. The molecule has 0 fully saturated rings. The summed E-state index contributed by atoms with van der Waals surface area (Å²) in [5, 5.41) is 7.00. The second-order valence-corrected chi connectivity index (χ2v) is 7.40. The molecule has 0 aliphatic rings. The number of aromatic amines is 1. The zero-order valence-corrected chi connectivity index (χ0v) is 17.4. The largest absolute Gasteiger partial charge is 0.360 e. The molecule has 3 N–H and O–H groups in total. The Bertz CT molecular complexity index is 1200. The van der Waals surface area contributed by atoms with E-state index in [4.69, 9.17) is 0 Å². The topological polar surface area (TPSA) is 74.0 Å². The van der Waals surface area contributed by atoms with Gasteiger partial charge in [0.1, 0.15) is 0 Å². The van der Waals surface area contributed by atoms with Crippen molar-refractivity contribution in [3.8, 4) is 0 Å². The zero-order chi connectivity index (χ0) is 21.6. The van der Waals surface area contributed by atoms with Gasteiger partial charge in [-0.25, -0.2) is 0 Å². The van der Waals surface area contributed by atoms with Crippen LogP contribution in [0.1, 0.15) is 34.5 Å². The molecule has 156 valence electrons. The third kappa shape index (κ3) is 4.57. The van der Waals surface area contributed by atoms with Gasteiger partial charge in [-0.15, -0.1) is 0 Å². The second kappa shape index (κ2) is 9.41. The van der Waals surface area contributed by atoms with Crippen molar-refractivity contribution in [3.05, 3.63) is 102 Å². The normalized spacial score (nSPS) is 11.9. The molecule has 0 saturated heterocycles. The van der Waals surface area contributed by atoms with E-state index in [1.54, 1.807) is 6.20 Å². The van der Waals surface area contributed by atoms with E-state index in [0.717, 1.165) is 34.1 Å². The van der Waals surface area contributed by atoms with Crippen molar-refractivity contribution in [1.82, 2.24) is 10.3 Å². The van der Waals surface area contributed by atoms with Gasteiger partial charge in [0.15, 0.2) is 5.78 Å². The molecule has 0 aliphatic carbocycles. The summed E-state index contributed by atoms with van der Waals surface area (Å²) in [7, 11) is 0. The molecular formula is C26H25N3O2. The Labute approximate surface area is 181 Å². The Morgan fingerprint density at radius 1 is 0.903 bits per heavy atom. The molecule has 1 amide bonds. The smallest absolute Gasteiger partial charge is 0.238 e. The summed E-state index contributed by atoms with van der Waals surface area (Å²) in [4.78, 5) is 29.3. The molecule has 0 spiro atoms. The number of hydrogen-bond acceptors (Lipinski definition) is 3. The number of H-pyrrole nitrogens is 1. The van der Waals surface area contributed by atoms with Gasteiger partial charge in [-0.1, -0.05) is 73.7 Å². The molecule has 1 atom stereocenters. The van der Waals surface area contributed by atoms with Crippen LogP contribution in [-0.2, 0) is 11.2 Å². The summed E-state index contributed by atoms with van der Waals surface area (Å²) in [6, 6.07) is 24.3. The maximum absolute atomic E-state index is 13.5. The van der Waals surface area contributed by atoms with Crippen molar-refractivity contribution in [2.45, 2.75) is 19.4 Å². The molecule has 0 saturated carbocycles. The minimum atomic E-state index is -0.632. The number of para-hydroxylation sites is 2. The molecule has 3 aromatic carbocycles. The summed E-state index contributed by atoms with van der Waals surface area (Å²) in [6.07, 6.45) is 2.57. The van der Waals surface area contributed by atoms with Gasteiger partial charge in [0.05, 0.1) is 12.6 Å². The van der Waals surface area contributed by atoms with Crippen molar-refractivity contribution in [1.29, 1.82) is 0 Å². The quantitative estimate of drug-likeness (QED) is 0.362. The van der Waals surface area contributed by atoms with Crippen molar-refractivity contribution in [2.75, 3.05) is 11.9 Å². The van der Waals surface area contributed by atoms with E-state index in [1.807, 2.05) is 78.9 Å². The minimum absolute atomic E-state index is 0.0195. The molecule has 5 nitrogen and oxygen atoms in total. The number of aryl methyl sites for hydroxylation is 1. The summed E-state index contributed by atoms with van der Waals surface area (Å²) in [5.41, 5.74) is 4.21. The Balaban J connectivity index is 1.55. The number of carbonyl (C=O) groups is 2. The van der Waals surface area contributed by atoms with Crippen LogP contribution >= 0.6 is 0 Å². The molecule has 0 bridgehead atoms. The van der Waals surface area contributed by atoms with Gasteiger partial charge >= 0.3 is 0 Å². The average Bonchev–Trinajstić information content (AvgIpc) is 3.24. The van der Waals surface area contributed by atoms with Crippen LogP contribution in [0.3, 0.4) is 0 Å². The fraction of sp³-hybridized carbons (Fsp3) is 0.154. The van der Waals surface area contributed by atoms with Gasteiger partial charge < -0.3 is 10.3 Å². The van der Waals surface area contributed by atoms with Gasteiger partial charge in [-0.3, -0.25) is 14.9 Å². The number of rotatable bonds is 8. The van der Waals surface area contributed by atoms with Crippen molar-refractivity contribution >= 4 is 28.3 Å². The monoisotopic (exact) mass is 411 g/mol. The van der Waals surface area contributed by atoms with E-state index in [1.165, 1.54) is 0 Å². The van der Waals surface area contributed by atoms with E-state index in [-0.39, 0.29) is 18.2 Å². The van der Waals surface area contributed by atoms with Gasteiger partial charge in [-0.05, 0) is 29.7 Å². The molecule has 5 heteroatoms. The lowest BCUT2D eigenvalue weighted by Gasteiger charge is -2.18. The highest BCUT2D eigenvalue weighted by molar-refractivity contribution is 6.10. The number of anilines is 1. The van der Waals surface area contributed by atoms with Gasteiger partial charge in [0, 0.05) is 28.4 Å². The van der Waals surface area contributed by atoms with Crippen LogP contribution in [0.2, 0.25) is 0 Å². The molecule has 31 heavy (non-hydrogen) atoms. The standard InChI is InChI=1S/C26H25N3O2/c1-2-18-10-6-8-14-22(18)29-24(30)17-28-25(19-11-4-3-5-12-19)26(31)21-16-27-23-15-9-7-13-20(21)23/h3-16,25,27-28H,2,17H2,1H3,(H,29,30)/t25-/m0/s1. The van der Waals surface area contributed by atoms with Crippen molar-refractivity contribution in [2.24, 2.45) is 0 Å². The van der Waals surface area contributed by atoms with Crippen LogP contribution in [-0.4, -0.2) is 23.2 Å². The highest BCUT2D eigenvalue weighted by Crippen LogP contribution is 2.24. The number of amides is 1. The van der Waals surface area contributed by atoms with E-state index in [0.29, 0.717) is 5.56 Å². The first-order chi connectivity index (χ1) is 15.2. The number of carbonyl (C=O) groups excluding carboxylic acids is 2. The maximum Gasteiger partial charge on any atom is 0.238 e. The molecule has 1 aromatic heterocycles. The van der Waals surface area contributed by atoms with Crippen LogP contribution in [0, 0.1) is 0 Å². The van der Waals surface area contributed by atoms with E-state index in [2.05, 4.69) is 22.5 Å². The van der Waals surface area contributed by atoms with Gasteiger partial charge in [0.25, 0.3) is 0 Å². The first-order valence-corrected chi connectivity index (χ1v) is 10.4. The number of benzene rings is 3. The first kappa shape index (κ1) is 20.6. The van der Waals surface area contributed by atoms with Crippen LogP contribution in [0.4, 0.5) is 5.69 Å². The summed E-state index contributed by atoms with van der Waals surface area (Å²) >= 11 is 0. The number of aromatic nitrogens is 1. The minimum Gasteiger partial charge on any atom is -0.360 e. The number of hydrogen-bond donors (Lipinski definition) is 3. The Kier molecular flexibility index (Phi) is 6.24. The fourth-order valence-electron chi connectivity index (χ4n) is 3.78. The van der Waals surface area contributed by atoms with Crippen LogP contribution in [0.5, 0.6) is 0 Å². The SMILES string of the molecule is CCc1ccccc1NC(=O)CN[C@H](C(=O)c1c[nH]c2ccccc12)c1ccccc1. The van der Waals surface area contributed by atoms with Crippen molar-refractivity contribution < 1.29 is 9.59 Å². The predicted octanol–water partition coefficient (Wildman–Crippen LogP) is 4.88. The summed E-state index contributed by atoms with van der Waals surface area (Å²) in [5.74, 6) is -0.265. The average molecular weight is 412 g/mol. The molecule has 0 unspecified atom stereocenters. The summed E-state index contributed by atoms with van der Waals surface area (Å²) < 4.78 is 0. The molecule has 4 rings (SSSR count). The number of fused-ring (bicyclic) bond motifs is 1. The number of nitrogens with one attached hydrogen (secondary N) is 3. The van der Waals surface area contributed by atoms with E-state index >= 15 is 0 Å². The Morgan fingerprint density at radius 2 is 1.61 bits per heavy atom.